The second kappa shape index (κ2) is 26.0. The van der Waals surface area contributed by atoms with Crippen LogP contribution in [0.3, 0.4) is 0 Å². The topological polar surface area (TPSA) is 204 Å². The fourth-order valence-corrected chi connectivity index (χ4v) is 5.27. The first-order valence-electron chi connectivity index (χ1n) is 14.9. The van der Waals surface area contributed by atoms with Crippen molar-refractivity contribution in [1.29, 1.82) is 0 Å². The maximum absolute atomic E-state index is 13.4. The number of aliphatic hydroxyl groups is 1. The van der Waals surface area contributed by atoms with Crippen LogP contribution in [0.2, 0.25) is 1.41 Å². The number of rotatable bonds is 11. The molecule has 0 saturated carbocycles. The molecule has 2 aromatic rings. The summed E-state index contributed by atoms with van der Waals surface area (Å²) in [6.45, 7) is 4.14. The van der Waals surface area contributed by atoms with E-state index in [0.717, 1.165) is 35.1 Å². The van der Waals surface area contributed by atoms with Gasteiger partial charge in [0.15, 0.2) is 36.1 Å². The van der Waals surface area contributed by atoms with Crippen molar-refractivity contribution in [2.24, 2.45) is 0 Å². The smallest absolute Gasteiger partial charge is 0.351 e. The van der Waals surface area contributed by atoms with E-state index in [1.807, 2.05) is 19.6 Å². The summed E-state index contributed by atoms with van der Waals surface area (Å²) < 4.78 is 61.1. The van der Waals surface area contributed by atoms with Gasteiger partial charge in [-0.15, -0.1) is 23.5 Å². The molecule has 14 nitrogen and oxygen atoms in total. The number of nitrogen functional groups attached to an aromatic ring is 2. The zero-order valence-corrected chi connectivity index (χ0v) is 34.1. The summed E-state index contributed by atoms with van der Waals surface area (Å²) in [7, 11) is 0. The van der Waals surface area contributed by atoms with Gasteiger partial charge in [0.25, 0.3) is 0 Å². The van der Waals surface area contributed by atoms with Crippen LogP contribution in [0.1, 0.15) is 47.1 Å². The van der Waals surface area contributed by atoms with E-state index in [2.05, 4.69) is 27.6 Å². The maximum Gasteiger partial charge on any atom is 0.351 e. The maximum atomic E-state index is 13.4. The predicted octanol–water partition coefficient (Wildman–Crippen LogP) is 3.10. The molecule has 21 heteroatoms. The Labute approximate surface area is 328 Å². The molecule has 5 N–H and O–H groups in total. The van der Waals surface area contributed by atoms with Crippen molar-refractivity contribution in [3.63, 3.8) is 0 Å². The van der Waals surface area contributed by atoms with Gasteiger partial charge in [0.05, 0.1) is 12.4 Å². The summed E-state index contributed by atoms with van der Waals surface area (Å²) in [6, 6.07) is 0. The quantitative estimate of drug-likeness (QED) is 0.111. The number of hydrogen-bond acceptors (Lipinski definition) is 17. The zero-order valence-electron chi connectivity index (χ0n) is 28.0. The summed E-state index contributed by atoms with van der Waals surface area (Å²) in [5, 5.41) is 9.28. The SMILES string of the molecule is CCCC(=O)OC[C@@H]1OC(O)CS1.CCCC(=O)OC[C@@H]1OC(n2cc(F)c(N)nc2=O)CS1.CS.[3H]CSc1ncc(F)c(N[3H])n1.[Ac]. The third kappa shape index (κ3) is 18.1. The molecular formula is C26H40AcF2N6O8S4. The Bertz CT molecular complexity index is 1340. The number of halogens is 2. The second-order valence-corrected chi connectivity index (χ2v) is 11.8. The Morgan fingerprint density at radius 3 is 2.23 bits per heavy atom. The predicted molar refractivity (Wildman–Crippen MR) is 177 cm³/mol. The van der Waals surface area contributed by atoms with Crippen LogP contribution in [0.4, 0.5) is 20.4 Å². The number of carbonyl (C=O) groups excluding carboxylic acids is 2. The van der Waals surface area contributed by atoms with Gasteiger partial charge in [-0.25, -0.2) is 23.5 Å². The molecule has 263 valence electrons. The van der Waals surface area contributed by atoms with Crippen molar-refractivity contribution in [1.82, 2.24) is 19.5 Å². The normalized spacial score (nSPS) is 19.9. The van der Waals surface area contributed by atoms with Crippen LogP contribution in [-0.2, 0) is 28.5 Å². The zero-order chi connectivity index (χ0) is 36.1. The van der Waals surface area contributed by atoms with Crippen LogP contribution >= 0.6 is 47.9 Å². The molecule has 0 aromatic carbocycles. The van der Waals surface area contributed by atoms with E-state index >= 15 is 0 Å². The van der Waals surface area contributed by atoms with Crippen molar-refractivity contribution in [2.45, 2.75) is 68.1 Å². The van der Waals surface area contributed by atoms with Crippen LogP contribution in [0.25, 0.3) is 0 Å². The first-order chi connectivity index (χ1) is 23.0. The molecular weight excluding hydrogens is 918 g/mol. The number of nitrogens with two attached hydrogens (primary N) is 2. The van der Waals surface area contributed by atoms with Crippen molar-refractivity contribution in [2.75, 3.05) is 48.7 Å². The fourth-order valence-electron chi connectivity index (χ4n) is 3.17. The van der Waals surface area contributed by atoms with Crippen LogP contribution in [0, 0.1) is 55.7 Å². The molecule has 4 heterocycles. The first-order valence-corrected chi connectivity index (χ1v) is 17.6. The number of thiol groups is 1. The molecule has 0 amide bonds. The average Bonchev–Trinajstić information content (AvgIpc) is 3.72. The summed E-state index contributed by atoms with van der Waals surface area (Å²) in [5.74, 6) is -1.56. The van der Waals surface area contributed by atoms with Crippen molar-refractivity contribution >= 4 is 71.5 Å². The van der Waals surface area contributed by atoms with E-state index in [1.54, 1.807) is 6.26 Å². The molecule has 2 fully saturated rings. The summed E-state index contributed by atoms with van der Waals surface area (Å²) in [5.41, 5.74) is 5.80. The summed E-state index contributed by atoms with van der Waals surface area (Å²) >= 11 is 7.44. The Kier molecular flexibility index (Phi) is 23.3. The van der Waals surface area contributed by atoms with Crippen molar-refractivity contribution < 1.29 is 89.3 Å². The van der Waals surface area contributed by atoms with Crippen LogP contribution < -0.4 is 17.2 Å². The van der Waals surface area contributed by atoms with Gasteiger partial charge in [-0.3, -0.25) is 14.2 Å². The van der Waals surface area contributed by atoms with Crippen molar-refractivity contribution in [3.05, 3.63) is 34.5 Å². The number of aromatic nitrogens is 4. The number of esters is 2. The standard InChI is InChI=1S/C12H16FN3O4S.C8H14O4S.C5H6FN3S.CH4S.Ac/c1-2-3-9(17)19-5-10-20-8(6-21-10)16-4-7(13)11(14)15-12(16)18;1-2-3-6(9)11-4-8-12-7(10)5-13-8;1-10-5-8-2-3(6)4(7)9-5;1-2;/h4,8,10H,2-3,5-6H2,1H3,(H2,14,15,18);7-8,10H,2-5H2,1H3;2H,1H3,(H2,7,8,9);2H,1H3;/t8?,10-;7?,8-;;;/m11.../s1/i;;1T;;/hT. The number of thioether (sulfide) groups is 3. The number of anilines is 2. The Morgan fingerprint density at radius 2 is 1.70 bits per heavy atom. The molecule has 0 spiro atoms. The van der Waals surface area contributed by atoms with Gasteiger partial charge in [-0.05, 0) is 25.3 Å². The van der Waals surface area contributed by atoms with Gasteiger partial charge >= 0.3 is 17.6 Å². The largest absolute Gasteiger partial charge is 0.462 e. The van der Waals surface area contributed by atoms with Gasteiger partial charge in [-0.2, -0.15) is 17.6 Å². The molecule has 2 aliphatic heterocycles. The van der Waals surface area contributed by atoms with E-state index in [4.69, 9.17) is 32.6 Å². The molecule has 4 atom stereocenters. The van der Waals surface area contributed by atoms with Gasteiger partial charge in [0.1, 0.15) is 30.3 Å². The Morgan fingerprint density at radius 1 is 1.11 bits per heavy atom. The van der Waals surface area contributed by atoms with Gasteiger partial charge < -0.3 is 35.5 Å². The molecule has 2 unspecified atom stereocenters. The molecule has 1 radical (unpaired) electrons. The Hall–Kier alpha value is -0.918. The minimum Gasteiger partial charge on any atom is -0.462 e. The third-order valence-corrected chi connectivity index (χ3v) is 7.88. The molecule has 0 aliphatic carbocycles. The van der Waals surface area contributed by atoms with Crippen LogP contribution in [0.15, 0.2) is 22.3 Å². The minimum atomic E-state index is -0.777. The van der Waals surface area contributed by atoms with Crippen molar-refractivity contribution in [3.8, 4) is 0 Å². The van der Waals surface area contributed by atoms with Gasteiger partial charge in [0.2, 0.25) is 0 Å². The molecule has 2 aromatic heterocycles. The number of nitrogens with zero attached hydrogens (tertiary/aromatic N) is 4. The number of carbonyl (C=O) groups is 2. The van der Waals surface area contributed by atoms with Crippen LogP contribution in [0.5, 0.6) is 0 Å². The van der Waals surface area contributed by atoms with E-state index in [9.17, 15) is 23.2 Å². The Balaban J connectivity index is 0.000000716. The molecule has 2 saturated heterocycles. The van der Waals surface area contributed by atoms with E-state index in [0.29, 0.717) is 35.9 Å². The monoisotopic (exact) mass is 961 g/mol. The first kappa shape index (κ1) is 42.2. The van der Waals surface area contributed by atoms with Gasteiger partial charge in [-0.1, -0.05) is 25.6 Å². The van der Waals surface area contributed by atoms with Crippen LogP contribution in [-0.4, -0.2) is 90.9 Å². The molecule has 4 rings (SSSR count). The molecule has 47 heavy (non-hydrogen) atoms. The third-order valence-electron chi connectivity index (χ3n) is 5.23. The number of ether oxygens (including phenoxy) is 4. The second-order valence-electron chi connectivity index (χ2n) is 8.73. The minimum absolute atomic E-state index is 0. The van der Waals surface area contributed by atoms with E-state index < -0.39 is 35.7 Å². The molecule has 0 bridgehead atoms. The summed E-state index contributed by atoms with van der Waals surface area (Å²) in [4.78, 5) is 44.5. The number of hydrogen-bond donors (Lipinski definition) is 4. The summed E-state index contributed by atoms with van der Waals surface area (Å²) in [6.07, 6.45) is 4.66. The van der Waals surface area contributed by atoms with E-state index in [-0.39, 0.29) is 92.1 Å². The average molecular weight is 962 g/mol. The van der Waals surface area contributed by atoms with E-state index in [1.165, 1.54) is 23.5 Å². The van der Waals surface area contributed by atoms with Gasteiger partial charge in [0, 0.05) is 69.8 Å². The molecule has 2 aliphatic rings. The number of aliphatic hydroxyl groups excluding tert-OH is 1. The fraction of sp³-hybridized carbons (Fsp3) is 0.615.